The molecule has 0 radical (unpaired) electrons. The van der Waals surface area contributed by atoms with Crippen LogP contribution in [0.3, 0.4) is 0 Å². The van der Waals surface area contributed by atoms with Crippen molar-refractivity contribution >= 4 is 16.6 Å². The van der Waals surface area contributed by atoms with Crippen molar-refractivity contribution < 1.29 is 8.85 Å². The smallest absolute Gasteiger partial charge is 0.191 e. The highest BCUT2D eigenvalue weighted by Crippen LogP contribution is 2.37. The van der Waals surface area contributed by atoms with Crippen LogP contribution in [-0.2, 0) is 21.7 Å². The zero-order valence-corrected chi connectivity index (χ0v) is 26.6. The van der Waals surface area contributed by atoms with E-state index in [1.165, 1.54) is 11.1 Å². The molecule has 0 aliphatic carbocycles. The van der Waals surface area contributed by atoms with Gasteiger partial charge in [0.1, 0.15) is 0 Å². The van der Waals surface area contributed by atoms with Gasteiger partial charge in [0.15, 0.2) is 16.6 Å². The van der Waals surface area contributed by atoms with Gasteiger partial charge >= 0.3 is 0 Å². The van der Waals surface area contributed by atoms with E-state index in [9.17, 15) is 0 Å². The van der Waals surface area contributed by atoms with Gasteiger partial charge in [0, 0.05) is 25.6 Å². The Morgan fingerprint density at radius 2 is 1.06 bits per heavy atom. The molecular weight excluding hydrogens is 479 g/mol. The van der Waals surface area contributed by atoms with Crippen molar-refractivity contribution in [2.24, 2.45) is 5.73 Å². The average Bonchev–Trinajstić information content (AvgIpc) is 2.78. The quantitative estimate of drug-likeness (QED) is 0.229. The number of pyridine rings is 2. The molecule has 7 heteroatoms. The van der Waals surface area contributed by atoms with E-state index in [-0.39, 0.29) is 16.1 Å². The van der Waals surface area contributed by atoms with Gasteiger partial charge in [-0.1, -0.05) is 53.7 Å². The molecule has 2 N–H and O–H groups in total. The van der Waals surface area contributed by atoms with Gasteiger partial charge in [-0.15, -0.1) is 0 Å². The van der Waals surface area contributed by atoms with Crippen molar-refractivity contribution in [3.05, 3.63) is 59.2 Å². The molecule has 0 aliphatic heterocycles. The van der Waals surface area contributed by atoms with Crippen LogP contribution in [0.5, 0.6) is 0 Å². The Bertz CT molecular complexity index is 853. The van der Waals surface area contributed by atoms with E-state index in [4.69, 9.17) is 14.6 Å². The summed E-state index contributed by atoms with van der Waals surface area (Å²) < 4.78 is 12.6. The molecule has 0 saturated heterocycles. The highest BCUT2D eigenvalue weighted by atomic mass is 28.4. The van der Waals surface area contributed by atoms with Gasteiger partial charge in [-0.25, -0.2) is 0 Å². The summed E-state index contributed by atoms with van der Waals surface area (Å²) in [6, 6.07) is 8.00. The van der Waals surface area contributed by atoms with Crippen molar-refractivity contribution in [2.75, 3.05) is 13.2 Å². The molecule has 0 amide bonds. The van der Waals surface area contributed by atoms with Gasteiger partial charge in [0.25, 0.3) is 0 Å². The zero-order chi connectivity index (χ0) is 27.2. The summed E-state index contributed by atoms with van der Waals surface area (Å²) in [4.78, 5) is 9.28. The van der Waals surface area contributed by atoms with Gasteiger partial charge < -0.3 is 14.6 Å². The molecule has 2 aromatic rings. The molecular formula is C29H51N3O2Si2. The number of hydrogen-bond acceptors (Lipinski definition) is 5. The number of rotatable bonds is 12. The summed E-state index contributed by atoms with van der Waals surface area (Å²) in [5, 5.41) is 0.495. The van der Waals surface area contributed by atoms with Crippen LogP contribution in [0.2, 0.25) is 36.3 Å². The summed E-state index contributed by atoms with van der Waals surface area (Å²) in [5.41, 5.74) is 10.6. The Balaban J connectivity index is 1.81. The standard InChI is InChI=1S/C29H51N3O2Si2/c1-28(2,3)35(7,8)33-19-11-13-23-15-17-25(31-21-23)27(30)26-18-16-24(22-32-26)14-12-20-34-36(9,10)29(4,5)6/h15-18,21-22,27H,11-14,19-20,30H2,1-10H3. The molecule has 0 aliphatic rings. The lowest BCUT2D eigenvalue weighted by atomic mass is 10.1. The van der Waals surface area contributed by atoms with Crippen molar-refractivity contribution in [2.45, 2.75) is 110 Å². The van der Waals surface area contributed by atoms with E-state index in [0.29, 0.717) is 0 Å². The molecule has 5 nitrogen and oxygen atoms in total. The predicted molar refractivity (Wildman–Crippen MR) is 157 cm³/mol. The third-order valence-corrected chi connectivity index (χ3v) is 17.2. The van der Waals surface area contributed by atoms with Gasteiger partial charge in [-0.05, 0) is 85.2 Å². The zero-order valence-electron chi connectivity index (χ0n) is 24.6. The number of nitrogens with zero attached hydrogens (tertiary/aromatic N) is 2. The van der Waals surface area contributed by atoms with E-state index in [2.05, 4.69) is 89.8 Å². The van der Waals surface area contributed by atoms with Crippen LogP contribution in [0.25, 0.3) is 0 Å². The highest BCUT2D eigenvalue weighted by Gasteiger charge is 2.37. The fraction of sp³-hybridized carbons (Fsp3) is 0.655. The van der Waals surface area contributed by atoms with Crippen LogP contribution in [0, 0.1) is 0 Å². The predicted octanol–water partition coefficient (Wildman–Crippen LogP) is 7.43. The Morgan fingerprint density at radius 1 is 0.694 bits per heavy atom. The van der Waals surface area contributed by atoms with Crippen LogP contribution in [0.1, 0.15) is 82.9 Å². The molecule has 36 heavy (non-hydrogen) atoms. The Kier molecular flexibility index (Phi) is 10.7. The normalized spacial score (nSPS) is 13.4. The Morgan fingerprint density at radius 3 is 1.33 bits per heavy atom. The maximum absolute atomic E-state index is 6.48. The molecule has 0 saturated carbocycles. The lowest BCUT2D eigenvalue weighted by molar-refractivity contribution is 0.282. The van der Waals surface area contributed by atoms with Crippen LogP contribution < -0.4 is 5.73 Å². The molecule has 0 atom stereocenters. The van der Waals surface area contributed by atoms with E-state index in [0.717, 1.165) is 50.3 Å². The van der Waals surface area contributed by atoms with Gasteiger partial charge in [0.2, 0.25) is 0 Å². The van der Waals surface area contributed by atoms with Crippen molar-refractivity contribution in [1.82, 2.24) is 9.97 Å². The van der Waals surface area contributed by atoms with E-state index in [1.807, 2.05) is 24.5 Å². The molecule has 0 aromatic carbocycles. The maximum atomic E-state index is 6.48. The second-order valence-corrected chi connectivity index (χ2v) is 22.7. The molecule has 2 heterocycles. The molecule has 2 aromatic heterocycles. The summed E-state index contributed by atoms with van der Waals surface area (Å²) >= 11 is 0. The van der Waals surface area contributed by atoms with Crippen LogP contribution in [0.4, 0.5) is 0 Å². The second-order valence-electron chi connectivity index (χ2n) is 13.1. The minimum atomic E-state index is -1.68. The first-order valence-corrected chi connectivity index (χ1v) is 19.3. The molecule has 202 valence electrons. The molecule has 0 unspecified atom stereocenters. The highest BCUT2D eigenvalue weighted by molar-refractivity contribution is 6.74. The fourth-order valence-electron chi connectivity index (χ4n) is 3.33. The number of aryl methyl sites for hydroxylation is 2. The van der Waals surface area contributed by atoms with Crippen LogP contribution in [0.15, 0.2) is 36.7 Å². The van der Waals surface area contributed by atoms with Crippen LogP contribution in [-0.4, -0.2) is 39.8 Å². The number of hydrogen-bond donors (Lipinski definition) is 1. The lowest BCUT2D eigenvalue weighted by Gasteiger charge is -2.36. The molecule has 0 spiro atoms. The summed E-state index contributed by atoms with van der Waals surface area (Å²) in [6.07, 6.45) is 7.82. The third kappa shape index (κ3) is 8.87. The van der Waals surface area contributed by atoms with Gasteiger partial charge in [-0.3, -0.25) is 9.97 Å². The van der Waals surface area contributed by atoms with E-state index in [1.54, 1.807) is 0 Å². The maximum Gasteiger partial charge on any atom is 0.191 e. The number of aromatic nitrogens is 2. The van der Waals surface area contributed by atoms with Crippen molar-refractivity contribution in [1.29, 1.82) is 0 Å². The molecule has 0 fully saturated rings. The minimum absolute atomic E-state index is 0.248. The first-order valence-electron chi connectivity index (χ1n) is 13.5. The summed E-state index contributed by atoms with van der Waals surface area (Å²) in [5.74, 6) is 0. The number of nitrogens with two attached hydrogens (primary N) is 1. The van der Waals surface area contributed by atoms with Crippen molar-refractivity contribution in [3.8, 4) is 0 Å². The Hall–Kier alpha value is -1.39. The first-order chi connectivity index (χ1) is 16.5. The summed E-state index contributed by atoms with van der Waals surface area (Å²) in [7, 11) is -3.35. The van der Waals surface area contributed by atoms with E-state index < -0.39 is 16.6 Å². The third-order valence-electron chi connectivity index (χ3n) is 8.09. The molecule has 2 rings (SSSR count). The van der Waals surface area contributed by atoms with E-state index >= 15 is 0 Å². The Labute approximate surface area is 222 Å². The SMILES string of the molecule is CC(C)(C)[Si](C)(C)OCCCc1ccc(C(N)c2ccc(CCCO[Si](C)(C)C(C)(C)C)cn2)nc1. The monoisotopic (exact) mass is 529 g/mol. The average molecular weight is 530 g/mol. The largest absolute Gasteiger partial charge is 0.417 e. The fourth-order valence-corrected chi connectivity index (χ4v) is 5.50. The topological polar surface area (TPSA) is 70.3 Å². The minimum Gasteiger partial charge on any atom is -0.417 e. The summed E-state index contributed by atoms with van der Waals surface area (Å²) in [6.45, 7) is 24.5. The van der Waals surface area contributed by atoms with Gasteiger partial charge in [0.05, 0.1) is 17.4 Å². The second kappa shape index (κ2) is 12.4. The molecule has 0 bridgehead atoms. The van der Waals surface area contributed by atoms with Gasteiger partial charge in [-0.2, -0.15) is 0 Å². The first kappa shape index (κ1) is 30.8. The van der Waals surface area contributed by atoms with Crippen molar-refractivity contribution in [3.63, 3.8) is 0 Å². The lowest BCUT2D eigenvalue weighted by Crippen LogP contribution is -2.41. The van der Waals surface area contributed by atoms with Crippen LogP contribution >= 0.6 is 0 Å².